The molecule has 1 saturated heterocycles. The van der Waals surface area contributed by atoms with E-state index in [0.717, 1.165) is 67.8 Å². The highest BCUT2D eigenvalue weighted by atomic mass is 16.5. The molecule has 2 aromatic carbocycles. The van der Waals surface area contributed by atoms with E-state index < -0.39 is 0 Å². The van der Waals surface area contributed by atoms with Crippen LogP contribution in [0, 0.1) is 5.92 Å². The summed E-state index contributed by atoms with van der Waals surface area (Å²) < 4.78 is 11.6. The van der Waals surface area contributed by atoms with Crippen LogP contribution >= 0.6 is 0 Å². The Balaban J connectivity index is 1.47. The molecule has 7 nitrogen and oxygen atoms in total. The van der Waals surface area contributed by atoms with Crippen LogP contribution in [0.15, 0.2) is 48.5 Å². The van der Waals surface area contributed by atoms with E-state index in [1.807, 2.05) is 30.3 Å². The molecule has 2 heterocycles. The third kappa shape index (κ3) is 8.64. The Kier molecular flexibility index (Phi) is 10.2. The lowest BCUT2D eigenvalue weighted by atomic mass is 10.0. The van der Waals surface area contributed by atoms with Gasteiger partial charge in [0.1, 0.15) is 5.75 Å². The number of hydrogen-bond acceptors (Lipinski definition) is 5. The van der Waals surface area contributed by atoms with Gasteiger partial charge in [0.2, 0.25) is 11.8 Å². The van der Waals surface area contributed by atoms with E-state index in [2.05, 4.69) is 33.7 Å². The normalized spacial score (nSPS) is 18.5. The first kappa shape index (κ1) is 26.2. The van der Waals surface area contributed by atoms with E-state index in [-0.39, 0.29) is 11.8 Å². The zero-order valence-electron chi connectivity index (χ0n) is 21.2. The van der Waals surface area contributed by atoms with E-state index in [1.54, 1.807) is 0 Å². The number of amides is 2. The highest BCUT2D eigenvalue weighted by Crippen LogP contribution is 2.24. The topological polar surface area (TPSA) is 79.9 Å². The molecule has 0 atom stereocenters. The van der Waals surface area contributed by atoms with Crippen molar-refractivity contribution in [1.29, 1.82) is 0 Å². The summed E-state index contributed by atoms with van der Waals surface area (Å²) in [5.41, 5.74) is 3.11. The second-order valence-electron chi connectivity index (χ2n) is 9.87. The number of nitrogens with zero attached hydrogens (tertiary/aromatic N) is 1. The highest BCUT2D eigenvalue weighted by Gasteiger charge is 2.18. The molecular formula is C29H39N3O4. The maximum absolute atomic E-state index is 12.7. The lowest BCUT2D eigenvalue weighted by molar-refractivity contribution is -0.122. The number of fused-ring (bicyclic) bond motifs is 1. The number of hydrogen-bond donors (Lipinski definition) is 2. The summed E-state index contributed by atoms with van der Waals surface area (Å²) in [6.07, 6.45) is 5.23. The van der Waals surface area contributed by atoms with Crippen LogP contribution in [0.5, 0.6) is 5.75 Å². The van der Waals surface area contributed by atoms with Gasteiger partial charge in [0.25, 0.3) is 0 Å². The molecule has 0 saturated carbocycles. The van der Waals surface area contributed by atoms with Gasteiger partial charge < -0.3 is 20.1 Å². The molecule has 2 aliphatic heterocycles. The van der Waals surface area contributed by atoms with Crippen molar-refractivity contribution in [3.8, 4) is 5.75 Å². The Labute approximate surface area is 214 Å². The number of carbonyl (C=O) groups excluding carboxylic acids is 2. The maximum atomic E-state index is 12.7. The molecule has 0 unspecified atom stereocenters. The molecule has 4 rings (SSSR count). The molecule has 1 fully saturated rings. The molecule has 2 aliphatic rings. The molecule has 0 aromatic heterocycles. The second-order valence-corrected chi connectivity index (χ2v) is 9.87. The molecule has 0 aliphatic carbocycles. The lowest BCUT2D eigenvalue weighted by Gasteiger charge is -2.24. The van der Waals surface area contributed by atoms with Crippen LogP contribution in [-0.4, -0.2) is 56.2 Å². The smallest absolute Gasteiger partial charge is 0.234 e. The molecule has 2 N–H and O–H groups in total. The van der Waals surface area contributed by atoms with E-state index >= 15 is 0 Å². The van der Waals surface area contributed by atoms with E-state index in [4.69, 9.17) is 9.47 Å². The van der Waals surface area contributed by atoms with Crippen molar-refractivity contribution in [2.24, 2.45) is 5.92 Å². The predicted molar refractivity (Wildman–Crippen MR) is 140 cm³/mol. The zero-order chi connectivity index (χ0) is 25.0. The van der Waals surface area contributed by atoms with Crippen molar-refractivity contribution in [1.82, 2.24) is 15.5 Å². The minimum Gasteiger partial charge on any atom is -0.493 e. The summed E-state index contributed by atoms with van der Waals surface area (Å²) >= 11 is 0. The minimum absolute atomic E-state index is 0.0347. The first-order chi connectivity index (χ1) is 17.7. The fourth-order valence-corrected chi connectivity index (χ4v) is 4.79. The molecule has 0 radical (unpaired) electrons. The Morgan fingerprint density at radius 3 is 2.64 bits per heavy atom. The summed E-state index contributed by atoms with van der Waals surface area (Å²) in [6, 6.07) is 16.2. The molecular weight excluding hydrogens is 454 g/mol. The lowest BCUT2D eigenvalue weighted by Crippen LogP contribution is -2.37. The molecule has 36 heavy (non-hydrogen) atoms. The van der Waals surface area contributed by atoms with Crippen molar-refractivity contribution in [2.75, 3.05) is 39.5 Å². The molecule has 2 aromatic rings. The van der Waals surface area contributed by atoms with Gasteiger partial charge in [0.15, 0.2) is 0 Å². The fourth-order valence-electron chi connectivity index (χ4n) is 4.79. The summed E-state index contributed by atoms with van der Waals surface area (Å²) in [5, 5.41) is 6.16. The molecule has 194 valence electrons. The number of ether oxygens (including phenoxy) is 2. The van der Waals surface area contributed by atoms with Gasteiger partial charge in [-0.1, -0.05) is 42.5 Å². The van der Waals surface area contributed by atoms with Gasteiger partial charge in [-0.3, -0.25) is 14.5 Å². The zero-order valence-corrected chi connectivity index (χ0v) is 21.2. The number of nitrogens with one attached hydrogen (secondary N) is 2. The molecule has 7 heteroatoms. The van der Waals surface area contributed by atoms with Crippen LogP contribution < -0.4 is 15.4 Å². The Bertz CT molecular complexity index is 976. The minimum atomic E-state index is 0.0347. The van der Waals surface area contributed by atoms with Crippen molar-refractivity contribution in [2.45, 2.75) is 51.6 Å². The van der Waals surface area contributed by atoms with Gasteiger partial charge in [0, 0.05) is 45.0 Å². The van der Waals surface area contributed by atoms with Crippen LogP contribution in [0.2, 0.25) is 0 Å². The largest absolute Gasteiger partial charge is 0.493 e. The first-order valence-corrected chi connectivity index (χ1v) is 13.3. The van der Waals surface area contributed by atoms with E-state index in [9.17, 15) is 9.59 Å². The number of benzene rings is 2. The Morgan fingerprint density at radius 1 is 0.972 bits per heavy atom. The maximum Gasteiger partial charge on any atom is 0.234 e. The van der Waals surface area contributed by atoms with Crippen molar-refractivity contribution >= 4 is 11.8 Å². The standard InChI is InChI=1S/C29H39N3O4/c33-28(31-19-23-11-15-35-16-12-23)18-25-9-10-27-26(17-25)21-32(20-24-7-3-1-4-8-24)22-29(34)30-13-5-2-6-14-36-27/h1,3-4,7-10,17,23H,2,5-6,11-16,18-22H2,(H,30,34)(H,31,33). The number of carbonyl (C=O) groups is 2. The van der Waals surface area contributed by atoms with Crippen LogP contribution in [0.1, 0.15) is 48.8 Å². The van der Waals surface area contributed by atoms with E-state index in [0.29, 0.717) is 51.7 Å². The van der Waals surface area contributed by atoms with Gasteiger partial charge in [0.05, 0.1) is 19.6 Å². The van der Waals surface area contributed by atoms with Crippen molar-refractivity contribution in [3.63, 3.8) is 0 Å². The average molecular weight is 494 g/mol. The van der Waals surface area contributed by atoms with Gasteiger partial charge in [-0.25, -0.2) is 0 Å². The van der Waals surface area contributed by atoms with Gasteiger partial charge in [-0.2, -0.15) is 0 Å². The quantitative estimate of drug-likeness (QED) is 0.644. The average Bonchev–Trinajstić information content (AvgIpc) is 2.90. The summed E-state index contributed by atoms with van der Waals surface area (Å²) in [5.74, 6) is 1.40. The second kappa shape index (κ2) is 14.0. The Hall–Kier alpha value is -2.90. The fraction of sp³-hybridized carbons (Fsp3) is 0.517. The third-order valence-electron chi connectivity index (χ3n) is 6.83. The SMILES string of the molecule is O=C(Cc1ccc2c(c1)CN(Cc1ccccc1)CC(=O)NCCCCCO2)NCC1CCOCC1. The van der Waals surface area contributed by atoms with Crippen molar-refractivity contribution in [3.05, 3.63) is 65.2 Å². The Morgan fingerprint density at radius 2 is 1.81 bits per heavy atom. The monoisotopic (exact) mass is 493 g/mol. The van der Waals surface area contributed by atoms with E-state index in [1.165, 1.54) is 0 Å². The third-order valence-corrected chi connectivity index (χ3v) is 6.83. The van der Waals surface area contributed by atoms with Crippen LogP contribution in [0.25, 0.3) is 0 Å². The summed E-state index contributed by atoms with van der Waals surface area (Å²) in [7, 11) is 0. The van der Waals surface area contributed by atoms with Crippen LogP contribution in [-0.2, 0) is 33.8 Å². The van der Waals surface area contributed by atoms with Crippen molar-refractivity contribution < 1.29 is 19.1 Å². The predicted octanol–water partition coefficient (Wildman–Crippen LogP) is 3.45. The molecule has 2 amide bonds. The van der Waals surface area contributed by atoms with Gasteiger partial charge in [-0.05, 0) is 55.2 Å². The number of rotatable bonds is 6. The first-order valence-electron chi connectivity index (χ1n) is 13.3. The van der Waals surface area contributed by atoms with Crippen LogP contribution in [0.3, 0.4) is 0 Å². The van der Waals surface area contributed by atoms with Gasteiger partial charge in [-0.15, -0.1) is 0 Å². The summed E-state index contributed by atoms with van der Waals surface area (Å²) in [6.45, 7) is 5.13. The highest BCUT2D eigenvalue weighted by molar-refractivity contribution is 5.79. The molecule has 0 bridgehead atoms. The van der Waals surface area contributed by atoms with Crippen LogP contribution in [0.4, 0.5) is 0 Å². The van der Waals surface area contributed by atoms with Gasteiger partial charge >= 0.3 is 0 Å². The summed E-state index contributed by atoms with van der Waals surface area (Å²) in [4.78, 5) is 27.5. The molecule has 0 spiro atoms.